The van der Waals surface area contributed by atoms with E-state index in [1.807, 2.05) is 5.43 Å². The fraction of sp³-hybridized carbons (Fsp3) is 0.667. The van der Waals surface area contributed by atoms with Gasteiger partial charge in [0.2, 0.25) is 0 Å². The highest BCUT2D eigenvalue weighted by Crippen LogP contribution is 2.06. The Hall–Kier alpha value is -1.17. The van der Waals surface area contributed by atoms with E-state index in [1.165, 1.54) is 0 Å². The van der Waals surface area contributed by atoms with Gasteiger partial charge in [0.1, 0.15) is 6.61 Å². The summed E-state index contributed by atoms with van der Waals surface area (Å²) in [6.45, 7) is 1.34. The van der Waals surface area contributed by atoms with Gasteiger partial charge in [-0.15, -0.1) is 0 Å². The molecule has 12 heavy (non-hydrogen) atoms. The van der Waals surface area contributed by atoms with Crippen LogP contribution in [0.2, 0.25) is 0 Å². The van der Waals surface area contributed by atoms with E-state index in [0.29, 0.717) is 0 Å². The van der Waals surface area contributed by atoms with Crippen molar-refractivity contribution in [2.24, 2.45) is 0 Å². The molecule has 0 unspecified atom stereocenters. The molecule has 0 fully saturated rings. The molecule has 0 aliphatic rings. The van der Waals surface area contributed by atoms with Gasteiger partial charge in [-0.3, -0.25) is 20.4 Å². The Morgan fingerprint density at radius 3 is 2.25 bits per heavy atom. The number of amides is 2. The molecule has 6 heteroatoms. The van der Waals surface area contributed by atoms with Crippen molar-refractivity contribution >= 4 is 11.8 Å². The van der Waals surface area contributed by atoms with Crippen LogP contribution < -0.4 is 10.9 Å². The van der Waals surface area contributed by atoms with Crippen molar-refractivity contribution in [3.63, 3.8) is 0 Å². The van der Waals surface area contributed by atoms with Crippen LogP contribution in [0.15, 0.2) is 0 Å². The van der Waals surface area contributed by atoms with Gasteiger partial charge < -0.3 is 5.11 Å². The summed E-state index contributed by atoms with van der Waals surface area (Å²) in [5.74, 6) is -1.77. The van der Waals surface area contributed by atoms with Crippen LogP contribution in [0.4, 0.5) is 4.39 Å². The van der Waals surface area contributed by atoms with Crippen molar-refractivity contribution < 1.29 is 19.1 Å². The number of carbonyl (C=O) groups is 2. The molecule has 0 aliphatic carbocycles. The lowest BCUT2D eigenvalue weighted by Gasteiger charge is -2.13. The maximum atomic E-state index is 12.7. The van der Waals surface area contributed by atoms with Crippen LogP contribution in [0, 0.1) is 0 Å². The number of hydrogen-bond donors (Lipinski definition) is 3. The number of aliphatic hydroxyl groups is 1. The highest BCUT2D eigenvalue weighted by molar-refractivity contribution is 5.87. The third kappa shape index (κ3) is 3.87. The normalized spacial score (nSPS) is 10.7. The van der Waals surface area contributed by atoms with Crippen molar-refractivity contribution in [1.82, 2.24) is 10.9 Å². The minimum absolute atomic E-state index is 0.757. The summed E-state index contributed by atoms with van der Waals surface area (Å²) in [4.78, 5) is 21.0. The van der Waals surface area contributed by atoms with E-state index in [9.17, 15) is 14.0 Å². The molecule has 2 amide bonds. The molecule has 0 aliphatic heterocycles. The van der Waals surface area contributed by atoms with Crippen molar-refractivity contribution in [2.75, 3.05) is 6.61 Å². The molecule has 0 aromatic carbocycles. The Labute approximate surface area is 68.9 Å². The molecule has 0 rings (SSSR count). The minimum Gasteiger partial charge on any atom is -0.386 e. The van der Waals surface area contributed by atoms with Crippen LogP contribution in [-0.2, 0) is 9.59 Å². The maximum absolute atomic E-state index is 12.7. The number of rotatable bonds is 2. The van der Waals surface area contributed by atoms with Crippen molar-refractivity contribution in [3.05, 3.63) is 0 Å². The van der Waals surface area contributed by atoms with Crippen molar-refractivity contribution in [3.8, 4) is 0 Å². The quantitative estimate of drug-likeness (QED) is 0.468. The molecular weight excluding hydrogens is 167 g/mol. The Bertz CT molecular complexity index is 188. The van der Waals surface area contributed by atoms with E-state index < -0.39 is 24.1 Å². The molecule has 0 saturated heterocycles. The van der Waals surface area contributed by atoms with Crippen LogP contribution in [0.1, 0.15) is 13.8 Å². The van der Waals surface area contributed by atoms with E-state index in [-0.39, 0.29) is 0 Å². The molecule has 0 atom stereocenters. The molecular formula is C6H11FN2O3. The molecule has 0 aromatic heterocycles. The van der Waals surface area contributed by atoms with Crippen LogP contribution >= 0.6 is 0 Å². The lowest BCUT2D eigenvalue weighted by atomic mass is 10.2. The summed E-state index contributed by atoms with van der Waals surface area (Å²) >= 11 is 0. The second kappa shape index (κ2) is 4.01. The zero-order valence-electron chi connectivity index (χ0n) is 6.85. The standard InChI is InChI=1S/C6H11FN2O3/c1-6(2,7)5(12)9-8-4(11)3-10/h10H,3H2,1-2H3,(H,8,11)(H,9,12). The lowest BCUT2D eigenvalue weighted by Crippen LogP contribution is -2.49. The average molecular weight is 178 g/mol. The fourth-order valence-corrected chi connectivity index (χ4v) is 0.315. The number of nitrogens with one attached hydrogen (secondary N) is 2. The predicted molar refractivity (Wildman–Crippen MR) is 38.6 cm³/mol. The molecule has 0 spiro atoms. The van der Waals surface area contributed by atoms with Gasteiger partial charge in [0.05, 0.1) is 0 Å². The summed E-state index contributed by atoms with van der Waals surface area (Å²) in [6.07, 6.45) is 0. The van der Waals surface area contributed by atoms with Gasteiger partial charge in [-0.25, -0.2) is 4.39 Å². The van der Waals surface area contributed by atoms with E-state index in [4.69, 9.17) is 5.11 Å². The van der Waals surface area contributed by atoms with Gasteiger partial charge in [-0.05, 0) is 13.8 Å². The summed E-state index contributed by atoms with van der Waals surface area (Å²) in [5.41, 5.74) is 1.56. The monoisotopic (exact) mass is 178 g/mol. The Balaban J connectivity index is 3.81. The van der Waals surface area contributed by atoms with Gasteiger partial charge in [0.15, 0.2) is 5.67 Å². The molecule has 0 radical (unpaired) electrons. The highest BCUT2D eigenvalue weighted by atomic mass is 19.1. The van der Waals surface area contributed by atoms with E-state index in [0.717, 1.165) is 13.8 Å². The molecule has 70 valence electrons. The van der Waals surface area contributed by atoms with Gasteiger partial charge >= 0.3 is 0 Å². The van der Waals surface area contributed by atoms with Crippen LogP contribution in [0.25, 0.3) is 0 Å². The smallest absolute Gasteiger partial charge is 0.275 e. The van der Waals surface area contributed by atoms with E-state index >= 15 is 0 Å². The number of halogens is 1. The molecule has 0 heterocycles. The number of alkyl halides is 1. The fourth-order valence-electron chi connectivity index (χ4n) is 0.315. The van der Waals surface area contributed by atoms with Gasteiger partial charge in [-0.2, -0.15) is 0 Å². The number of aliphatic hydroxyl groups excluding tert-OH is 1. The second-order valence-electron chi connectivity index (χ2n) is 2.63. The Morgan fingerprint density at radius 1 is 1.42 bits per heavy atom. The Kier molecular flexibility index (Phi) is 3.62. The van der Waals surface area contributed by atoms with Gasteiger partial charge in [0, 0.05) is 0 Å². The van der Waals surface area contributed by atoms with Crippen LogP contribution in [0.3, 0.4) is 0 Å². The largest absolute Gasteiger partial charge is 0.386 e. The molecule has 3 N–H and O–H groups in total. The third-order valence-electron chi connectivity index (χ3n) is 0.999. The zero-order chi connectivity index (χ0) is 9.78. The highest BCUT2D eigenvalue weighted by Gasteiger charge is 2.26. The van der Waals surface area contributed by atoms with Crippen LogP contribution in [-0.4, -0.2) is 29.2 Å². The number of hydrogen-bond acceptors (Lipinski definition) is 3. The number of hydrazine groups is 1. The third-order valence-corrected chi connectivity index (χ3v) is 0.999. The van der Waals surface area contributed by atoms with Gasteiger partial charge in [-0.1, -0.05) is 0 Å². The molecule has 0 bridgehead atoms. The summed E-state index contributed by atoms with van der Waals surface area (Å²) in [6, 6.07) is 0. The maximum Gasteiger partial charge on any atom is 0.275 e. The molecule has 0 saturated carbocycles. The second-order valence-corrected chi connectivity index (χ2v) is 2.63. The number of carbonyl (C=O) groups excluding carboxylic acids is 2. The summed E-state index contributed by atoms with van der Waals surface area (Å²) in [7, 11) is 0. The van der Waals surface area contributed by atoms with E-state index in [2.05, 4.69) is 0 Å². The van der Waals surface area contributed by atoms with Gasteiger partial charge in [0.25, 0.3) is 11.8 Å². The first-order valence-electron chi connectivity index (χ1n) is 3.27. The Morgan fingerprint density at radius 2 is 1.92 bits per heavy atom. The molecule has 0 aromatic rings. The lowest BCUT2D eigenvalue weighted by molar-refractivity contribution is -0.136. The van der Waals surface area contributed by atoms with Crippen molar-refractivity contribution in [1.29, 1.82) is 0 Å². The topological polar surface area (TPSA) is 78.4 Å². The summed E-state index contributed by atoms with van der Waals surface area (Å²) < 4.78 is 12.7. The first-order valence-corrected chi connectivity index (χ1v) is 3.27. The first-order chi connectivity index (χ1) is 5.38. The first kappa shape index (κ1) is 10.8. The zero-order valence-corrected chi connectivity index (χ0v) is 6.85. The SMILES string of the molecule is CC(C)(F)C(=O)NNC(=O)CO. The predicted octanol–water partition coefficient (Wildman–Crippen LogP) is -1.13. The minimum atomic E-state index is -2.05. The molecule has 5 nitrogen and oxygen atoms in total. The van der Waals surface area contributed by atoms with Crippen LogP contribution in [0.5, 0.6) is 0 Å². The van der Waals surface area contributed by atoms with Crippen molar-refractivity contribution in [2.45, 2.75) is 19.5 Å². The average Bonchev–Trinajstić information content (AvgIpc) is 1.97. The summed E-state index contributed by atoms with van der Waals surface area (Å²) in [5, 5.41) is 8.19. The van der Waals surface area contributed by atoms with E-state index in [1.54, 1.807) is 5.43 Å².